The number of hydrogen-bond acceptors (Lipinski definition) is 5. The van der Waals surface area contributed by atoms with Gasteiger partial charge in [0, 0.05) is 25.1 Å². The van der Waals surface area contributed by atoms with Crippen LogP contribution in [0.15, 0.2) is 6.07 Å². The molecule has 1 heterocycles. The van der Waals surface area contributed by atoms with Gasteiger partial charge in [-0.15, -0.1) is 0 Å². The molecule has 0 amide bonds. The summed E-state index contributed by atoms with van der Waals surface area (Å²) in [6.45, 7) is 8.43. The van der Waals surface area contributed by atoms with E-state index < -0.39 is 0 Å². The first-order valence-electron chi connectivity index (χ1n) is 7.24. The van der Waals surface area contributed by atoms with Crippen LogP contribution in [0.3, 0.4) is 0 Å². The maximum Gasteiger partial charge on any atom is 0.145 e. The second-order valence-corrected chi connectivity index (χ2v) is 5.60. The van der Waals surface area contributed by atoms with Gasteiger partial charge in [-0.05, 0) is 25.7 Å². The van der Waals surface area contributed by atoms with Gasteiger partial charge in [0.15, 0.2) is 0 Å². The van der Waals surface area contributed by atoms with Crippen LogP contribution in [-0.2, 0) is 0 Å². The van der Waals surface area contributed by atoms with Gasteiger partial charge in [-0.25, -0.2) is 15.8 Å². The van der Waals surface area contributed by atoms with Crippen molar-refractivity contribution in [1.29, 1.82) is 0 Å². The topological polar surface area (TPSA) is 67.1 Å². The van der Waals surface area contributed by atoms with Crippen molar-refractivity contribution in [2.24, 2.45) is 11.8 Å². The molecule has 19 heavy (non-hydrogen) atoms. The predicted octanol–water partition coefficient (Wildman–Crippen LogP) is 2.51. The number of nitrogens with zero attached hydrogens (tertiary/aromatic N) is 3. The lowest BCUT2D eigenvalue weighted by atomic mass is 9.85. The molecule has 0 atom stereocenters. The number of hydrazine groups is 1. The van der Waals surface area contributed by atoms with E-state index in [-0.39, 0.29) is 0 Å². The Hall–Kier alpha value is -1.36. The van der Waals surface area contributed by atoms with E-state index >= 15 is 0 Å². The molecule has 5 nitrogen and oxygen atoms in total. The SMILES string of the molecule is CCN(CC1CCC1)c1cc(NN)nc(C(C)C)n1. The molecule has 0 aliphatic heterocycles. The van der Waals surface area contributed by atoms with Crippen LogP contribution >= 0.6 is 0 Å². The second kappa shape index (κ2) is 6.19. The molecule has 1 aliphatic carbocycles. The lowest BCUT2D eigenvalue weighted by molar-refractivity contribution is 0.318. The summed E-state index contributed by atoms with van der Waals surface area (Å²) >= 11 is 0. The summed E-state index contributed by atoms with van der Waals surface area (Å²) in [4.78, 5) is 11.4. The Morgan fingerprint density at radius 1 is 1.42 bits per heavy atom. The molecule has 0 spiro atoms. The highest BCUT2D eigenvalue weighted by atomic mass is 15.3. The summed E-state index contributed by atoms with van der Waals surface area (Å²) in [6.07, 6.45) is 4.07. The first-order valence-corrected chi connectivity index (χ1v) is 7.24. The van der Waals surface area contributed by atoms with E-state index in [2.05, 4.69) is 41.1 Å². The third-order valence-corrected chi connectivity index (χ3v) is 3.80. The van der Waals surface area contributed by atoms with Crippen LogP contribution in [0.1, 0.15) is 51.8 Å². The molecule has 0 aromatic carbocycles. The summed E-state index contributed by atoms with van der Waals surface area (Å²) in [5.74, 6) is 9.16. The molecular weight excluding hydrogens is 238 g/mol. The minimum absolute atomic E-state index is 0.300. The molecule has 1 fully saturated rings. The largest absolute Gasteiger partial charge is 0.356 e. The normalized spacial score (nSPS) is 15.4. The number of nitrogens with two attached hydrogens (primary N) is 1. The molecule has 1 aliphatic rings. The van der Waals surface area contributed by atoms with Crippen molar-refractivity contribution >= 4 is 11.6 Å². The van der Waals surface area contributed by atoms with Crippen LogP contribution in [-0.4, -0.2) is 23.1 Å². The molecule has 5 heteroatoms. The first-order chi connectivity index (χ1) is 9.13. The van der Waals surface area contributed by atoms with Crippen LogP contribution in [0.5, 0.6) is 0 Å². The van der Waals surface area contributed by atoms with E-state index in [0.29, 0.717) is 11.7 Å². The van der Waals surface area contributed by atoms with Crippen LogP contribution in [0.2, 0.25) is 0 Å². The Kier molecular flexibility index (Phi) is 4.58. The van der Waals surface area contributed by atoms with Crippen molar-refractivity contribution in [3.8, 4) is 0 Å². The minimum Gasteiger partial charge on any atom is -0.356 e. The van der Waals surface area contributed by atoms with Gasteiger partial charge < -0.3 is 10.3 Å². The van der Waals surface area contributed by atoms with Gasteiger partial charge in [0.2, 0.25) is 0 Å². The van der Waals surface area contributed by atoms with Gasteiger partial charge in [-0.1, -0.05) is 20.3 Å². The Morgan fingerprint density at radius 2 is 2.16 bits per heavy atom. The smallest absolute Gasteiger partial charge is 0.145 e. The number of aromatic nitrogens is 2. The van der Waals surface area contributed by atoms with Crippen molar-refractivity contribution in [2.45, 2.75) is 46.0 Å². The zero-order valence-electron chi connectivity index (χ0n) is 12.2. The standard InChI is InChI=1S/C14H25N5/c1-4-19(9-11-6-5-7-11)13-8-12(18-15)16-14(17-13)10(2)3/h8,10-11H,4-7,9,15H2,1-3H3,(H,16,17,18). The highest BCUT2D eigenvalue weighted by Crippen LogP contribution is 2.29. The molecule has 106 valence electrons. The fraction of sp³-hybridized carbons (Fsp3) is 0.714. The summed E-state index contributed by atoms with van der Waals surface area (Å²) in [5, 5.41) is 0. The average Bonchev–Trinajstić information content (AvgIpc) is 2.37. The monoisotopic (exact) mass is 263 g/mol. The molecule has 0 bridgehead atoms. The Bertz CT molecular complexity index is 414. The molecular formula is C14H25N5. The molecule has 0 radical (unpaired) electrons. The van der Waals surface area contributed by atoms with Crippen LogP contribution in [0.4, 0.5) is 11.6 Å². The van der Waals surface area contributed by atoms with Crippen LogP contribution in [0, 0.1) is 5.92 Å². The van der Waals surface area contributed by atoms with Crippen molar-refractivity contribution < 1.29 is 0 Å². The van der Waals surface area contributed by atoms with Crippen molar-refractivity contribution in [2.75, 3.05) is 23.4 Å². The number of nitrogen functional groups attached to an aromatic ring is 1. The summed E-state index contributed by atoms with van der Waals surface area (Å²) < 4.78 is 0. The molecule has 1 aromatic rings. The van der Waals surface area contributed by atoms with Crippen molar-refractivity contribution in [1.82, 2.24) is 9.97 Å². The molecule has 3 N–H and O–H groups in total. The predicted molar refractivity (Wildman–Crippen MR) is 79.2 cm³/mol. The number of nitrogens with one attached hydrogen (secondary N) is 1. The highest BCUT2D eigenvalue weighted by Gasteiger charge is 2.21. The summed E-state index contributed by atoms with van der Waals surface area (Å²) in [6, 6.07) is 1.94. The quantitative estimate of drug-likeness (QED) is 0.610. The third-order valence-electron chi connectivity index (χ3n) is 3.80. The van der Waals surface area contributed by atoms with Crippen LogP contribution in [0.25, 0.3) is 0 Å². The maximum atomic E-state index is 5.51. The lowest BCUT2D eigenvalue weighted by Crippen LogP contribution is -2.33. The first kappa shape index (κ1) is 14.1. The Balaban J connectivity index is 2.21. The minimum atomic E-state index is 0.300. The zero-order valence-corrected chi connectivity index (χ0v) is 12.2. The molecule has 1 aromatic heterocycles. The molecule has 1 saturated carbocycles. The maximum absolute atomic E-state index is 5.51. The number of rotatable bonds is 6. The fourth-order valence-electron chi connectivity index (χ4n) is 2.32. The second-order valence-electron chi connectivity index (χ2n) is 5.60. The average molecular weight is 263 g/mol. The molecule has 0 unspecified atom stereocenters. The Labute approximate surface area is 115 Å². The van der Waals surface area contributed by atoms with Gasteiger partial charge >= 0.3 is 0 Å². The van der Waals surface area contributed by atoms with E-state index in [9.17, 15) is 0 Å². The van der Waals surface area contributed by atoms with Gasteiger partial charge in [-0.3, -0.25) is 0 Å². The van der Waals surface area contributed by atoms with Crippen molar-refractivity contribution in [3.05, 3.63) is 11.9 Å². The van der Waals surface area contributed by atoms with Gasteiger partial charge in [0.05, 0.1) is 0 Å². The molecule has 2 rings (SSSR count). The third kappa shape index (κ3) is 3.35. The fourth-order valence-corrected chi connectivity index (χ4v) is 2.32. The van der Waals surface area contributed by atoms with E-state index in [0.717, 1.165) is 30.6 Å². The lowest BCUT2D eigenvalue weighted by Gasteiger charge is -2.32. The highest BCUT2D eigenvalue weighted by molar-refractivity contribution is 5.49. The number of anilines is 2. The summed E-state index contributed by atoms with van der Waals surface area (Å²) in [5.41, 5.74) is 2.65. The summed E-state index contributed by atoms with van der Waals surface area (Å²) in [7, 11) is 0. The Morgan fingerprint density at radius 3 is 2.63 bits per heavy atom. The van der Waals surface area contributed by atoms with E-state index in [1.807, 2.05) is 6.07 Å². The van der Waals surface area contributed by atoms with Crippen molar-refractivity contribution in [3.63, 3.8) is 0 Å². The van der Waals surface area contributed by atoms with E-state index in [4.69, 9.17) is 5.84 Å². The van der Waals surface area contributed by atoms with E-state index in [1.165, 1.54) is 19.3 Å². The van der Waals surface area contributed by atoms with Gasteiger partial charge in [0.1, 0.15) is 17.5 Å². The number of hydrogen-bond donors (Lipinski definition) is 2. The van der Waals surface area contributed by atoms with Crippen LogP contribution < -0.4 is 16.2 Å². The molecule has 0 saturated heterocycles. The van der Waals surface area contributed by atoms with Gasteiger partial charge in [-0.2, -0.15) is 0 Å². The van der Waals surface area contributed by atoms with Gasteiger partial charge in [0.25, 0.3) is 0 Å². The zero-order chi connectivity index (χ0) is 13.8. The van der Waals surface area contributed by atoms with E-state index in [1.54, 1.807) is 0 Å².